The Balaban J connectivity index is 2.42. The molecule has 0 aliphatic carbocycles. The molecule has 0 aromatic heterocycles. The van der Waals surface area contributed by atoms with Crippen LogP contribution in [0, 0.1) is 0 Å². The predicted molar refractivity (Wildman–Crippen MR) is 57.0 cm³/mol. The van der Waals surface area contributed by atoms with E-state index in [0.717, 1.165) is 0 Å². The molecule has 2 nitrogen and oxygen atoms in total. The number of benzene rings is 1. The van der Waals surface area contributed by atoms with Gasteiger partial charge in [-0.15, -0.1) is 0 Å². The van der Waals surface area contributed by atoms with Gasteiger partial charge in [0.25, 0.3) is 0 Å². The van der Waals surface area contributed by atoms with Crippen LogP contribution < -0.4 is 0 Å². The molecule has 0 bridgehead atoms. The Morgan fingerprint density at radius 2 is 2.07 bits per heavy atom. The maximum absolute atomic E-state index is 8.49. The minimum atomic E-state index is 0.0596. The lowest BCUT2D eigenvalue weighted by Gasteiger charge is -2.05. The molecule has 0 fully saturated rings. The Kier molecular flexibility index (Phi) is 4.79. The van der Waals surface area contributed by atoms with Crippen LogP contribution in [0.1, 0.15) is 18.4 Å². The first kappa shape index (κ1) is 10.8. The van der Waals surface area contributed by atoms with E-state index in [1.807, 2.05) is 24.3 Å². The molecular formula is C12H16O2. The first-order valence-corrected chi connectivity index (χ1v) is 4.78. The number of allylic oxidation sites excluding steroid dienone is 1. The maximum atomic E-state index is 8.49. The molecule has 0 saturated carbocycles. The van der Waals surface area contributed by atoms with Crippen molar-refractivity contribution in [2.45, 2.75) is 12.8 Å². The summed E-state index contributed by atoms with van der Waals surface area (Å²) in [4.78, 5) is 0. The van der Waals surface area contributed by atoms with Crippen molar-refractivity contribution in [1.82, 2.24) is 0 Å². The molecule has 1 aromatic rings. The predicted octanol–water partition coefficient (Wildman–Crippen LogP) is 2.31. The van der Waals surface area contributed by atoms with Gasteiger partial charge in [0.15, 0.2) is 0 Å². The molecule has 0 aliphatic heterocycles. The fraction of sp³-hybridized carbons (Fsp3) is 0.333. The average Bonchev–Trinajstić information content (AvgIpc) is 2.25. The number of ether oxygens (including phenoxy) is 1. The molecule has 0 saturated heterocycles. The van der Waals surface area contributed by atoms with Crippen molar-refractivity contribution in [2.24, 2.45) is 0 Å². The SMILES string of the molecule is CC(/C=C/OCCO)c1ccccc1. The van der Waals surface area contributed by atoms with Crippen LogP contribution in [0.4, 0.5) is 0 Å². The number of hydrogen-bond acceptors (Lipinski definition) is 2. The normalized spacial score (nSPS) is 13.0. The van der Waals surface area contributed by atoms with E-state index >= 15 is 0 Å². The molecule has 14 heavy (non-hydrogen) atoms. The van der Waals surface area contributed by atoms with Gasteiger partial charge in [-0.3, -0.25) is 0 Å². The third-order valence-electron chi connectivity index (χ3n) is 2.00. The largest absolute Gasteiger partial charge is 0.499 e. The van der Waals surface area contributed by atoms with E-state index in [4.69, 9.17) is 9.84 Å². The van der Waals surface area contributed by atoms with Crippen molar-refractivity contribution >= 4 is 0 Å². The molecule has 1 aromatic carbocycles. The van der Waals surface area contributed by atoms with Crippen LogP contribution in [0.25, 0.3) is 0 Å². The van der Waals surface area contributed by atoms with Gasteiger partial charge in [-0.1, -0.05) is 37.3 Å². The Bertz CT molecular complexity index is 267. The highest BCUT2D eigenvalue weighted by molar-refractivity contribution is 5.22. The zero-order valence-corrected chi connectivity index (χ0v) is 8.39. The number of hydrogen-bond donors (Lipinski definition) is 1. The van der Waals surface area contributed by atoms with Gasteiger partial charge in [0, 0.05) is 5.92 Å². The van der Waals surface area contributed by atoms with Crippen LogP contribution in [-0.4, -0.2) is 18.3 Å². The minimum absolute atomic E-state index is 0.0596. The number of rotatable bonds is 5. The zero-order valence-electron chi connectivity index (χ0n) is 8.39. The van der Waals surface area contributed by atoms with E-state index < -0.39 is 0 Å². The van der Waals surface area contributed by atoms with E-state index in [1.165, 1.54) is 5.56 Å². The monoisotopic (exact) mass is 192 g/mol. The summed E-state index contributed by atoms with van der Waals surface area (Å²) in [7, 11) is 0. The lowest BCUT2D eigenvalue weighted by atomic mass is 10.0. The second kappa shape index (κ2) is 6.22. The van der Waals surface area contributed by atoms with Gasteiger partial charge in [-0.05, 0) is 11.6 Å². The van der Waals surface area contributed by atoms with Crippen LogP contribution in [0.2, 0.25) is 0 Å². The molecule has 0 radical (unpaired) electrons. The van der Waals surface area contributed by atoms with Gasteiger partial charge in [0.05, 0.1) is 12.9 Å². The first-order chi connectivity index (χ1) is 6.84. The van der Waals surface area contributed by atoms with Crippen molar-refractivity contribution in [3.63, 3.8) is 0 Å². The second-order valence-electron chi connectivity index (χ2n) is 3.12. The molecule has 1 rings (SSSR count). The number of aliphatic hydroxyl groups is 1. The van der Waals surface area contributed by atoms with Crippen LogP contribution in [-0.2, 0) is 4.74 Å². The fourth-order valence-corrected chi connectivity index (χ4v) is 1.16. The molecule has 1 N–H and O–H groups in total. The molecule has 1 atom stereocenters. The van der Waals surface area contributed by atoms with Crippen LogP contribution >= 0.6 is 0 Å². The first-order valence-electron chi connectivity index (χ1n) is 4.78. The van der Waals surface area contributed by atoms with Crippen LogP contribution in [0.3, 0.4) is 0 Å². The Labute approximate surface area is 84.8 Å². The summed E-state index contributed by atoms with van der Waals surface area (Å²) in [6.07, 6.45) is 3.62. The standard InChI is InChI=1S/C12H16O2/c1-11(7-9-14-10-8-13)12-5-3-2-4-6-12/h2-7,9,11,13H,8,10H2,1H3/b9-7+. The summed E-state index contributed by atoms with van der Waals surface area (Å²) in [6.45, 7) is 2.52. The highest BCUT2D eigenvalue weighted by Gasteiger charge is 1.98. The quantitative estimate of drug-likeness (QED) is 0.573. The highest BCUT2D eigenvalue weighted by atomic mass is 16.5. The molecule has 0 heterocycles. The van der Waals surface area contributed by atoms with Crippen molar-refractivity contribution in [3.8, 4) is 0 Å². The Hall–Kier alpha value is -1.28. The summed E-state index contributed by atoms with van der Waals surface area (Å²) in [6, 6.07) is 10.2. The van der Waals surface area contributed by atoms with Crippen molar-refractivity contribution in [3.05, 3.63) is 48.2 Å². The molecule has 1 unspecified atom stereocenters. The van der Waals surface area contributed by atoms with E-state index in [2.05, 4.69) is 19.1 Å². The van der Waals surface area contributed by atoms with Gasteiger partial charge in [-0.25, -0.2) is 0 Å². The van der Waals surface area contributed by atoms with E-state index in [9.17, 15) is 0 Å². The summed E-state index contributed by atoms with van der Waals surface area (Å²) in [5.74, 6) is 0.342. The zero-order chi connectivity index (χ0) is 10.2. The summed E-state index contributed by atoms with van der Waals surface area (Å²) >= 11 is 0. The number of aliphatic hydroxyl groups excluding tert-OH is 1. The fourth-order valence-electron chi connectivity index (χ4n) is 1.16. The molecule has 0 aliphatic rings. The van der Waals surface area contributed by atoms with E-state index in [1.54, 1.807) is 6.26 Å². The van der Waals surface area contributed by atoms with Crippen molar-refractivity contribution in [2.75, 3.05) is 13.2 Å². The van der Waals surface area contributed by atoms with Gasteiger partial charge in [0.2, 0.25) is 0 Å². The summed E-state index contributed by atoms with van der Waals surface area (Å²) < 4.78 is 5.04. The van der Waals surface area contributed by atoms with Crippen molar-refractivity contribution < 1.29 is 9.84 Å². The van der Waals surface area contributed by atoms with E-state index in [0.29, 0.717) is 12.5 Å². The molecular weight excluding hydrogens is 176 g/mol. The average molecular weight is 192 g/mol. The summed E-state index contributed by atoms with van der Waals surface area (Å²) in [5, 5.41) is 8.49. The van der Waals surface area contributed by atoms with Gasteiger partial charge >= 0.3 is 0 Å². The molecule has 0 amide bonds. The Morgan fingerprint density at radius 1 is 1.36 bits per heavy atom. The van der Waals surface area contributed by atoms with Gasteiger partial charge < -0.3 is 9.84 Å². The van der Waals surface area contributed by atoms with Crippen LogP contribution in [0.5, 0.6) is 0 Å². The van der Waals surface area contributed by atoms with Gasteiger partial charge in [0.1, 0.15) is 6.61 Å². The highest BCUT2D eigenvalue weighted by Crippen LogP contribution is 2.15. The van der Waals surface area contributed by atoms with E-state index in [-0.39, 0.29) is 6.61 Å². The molecule has 2 heteroatoms. The van der Waals surface area contributed by atoms with Crippen LogP contribution in [0.15, 0.2) is 42.7 Å². The lowest BCUT2D eigenvalue weighted by molar-refractivity contribution is 0.165. The summed E-state index contributed by atoms with van der Waals surface area (Å²) in [5.41, 5.74) is 1.26. The minimum Gasteiger partial charge on any atom is -0.499 e. The molecule has 76 valence electrons. The topological polar surface area (TPSA) is 29.5 Å². The third kappa shape index (κ3) is 3.62. The maximum Gasteiger partial charge on any atom is 0.110 e. The smallest absolute Gasteiger partial charge is 0.110 e. The third-order valence-corrected chi connectivity index (χ3v) is 2.00. The second-order valence-corrected chi connectivity index (χ2v) is 3.12. The van der Waals surface area contributed by atoms with Crippen molar-refractivity contribution in [1.29, 1.82) is 0 Å². The van der Waals surface area contributed by atoms with Gasteiger partial charge in [-0.2, -0.15) is 0 Å². The Morgan fingerprint density at radius 3 is 2.71 bits per heavy atom. The lowest BCUT2D eigenvalue weighted by Crippen LogP contribution is -1.93. The molecule has 0 spiro atoms.